The summed E-state index contributed by atoms with van der Waals surface area (Å²) in [7, 11) is 0. The molecule has 3 nitrogen and oxygen atoms in total. The van der Waals surface area contributed by atoms with Gasteiger partial charge in [0.05, 0.1) is 18.1 Å². The monoisotopic (exact) mass is 238 g/mol. The number of hydrogen-bond acceptors (Lipinski definition) is 3. The lowest BCUT2D eigenvalue weighted by Gasteiger charge is -2.34. The molecule has 1 saturated heterocycles. The molecule has 1 atom stereocenters. The summed E-state index contributed by atoms with van der Waals surface area (Å²) < 4.78 is 5.51. The minimum atomic E-state index is -0.169. The van der Waals surface area contributed by atoms with Crippen molar-refractivity contribution in [2.24, 2.45) is 5.41 Å². The normalized spacial score (nSPS) is 25.5. The Balaban J connectivity index is 2.10. The van der Waals surface area contributed by atoms with Crippen LogP contribution in [0.5, 0.6) is 0 Å². The van der Waals surface area contributed by atoms with E-state index in [2.05, 4.69) is 18.3 Å². The van der Waals surface area contributed by atoms with Crippen molar-refractivity contribution in [1.82, 2.24) is 5.32 Å². The van der Waals surface area contributed by atoms with E-state index < -0.39 is 0 Å². The predicted molar refractivity (Wildman–Crippen MR) is 69.7 cm³/mol. The molecule has 1 heterocycles. The van der Waals surface area contributed by atoms with E-state index in [9.17, 15) is 0 Å². The molecule has 0 spiro atoms. The summed E-state index contributed by atoms with van der Waals surface area (Å²) >= 11 is 0. The van der Waals surface area contributed by atoms with Crippen LogP contribution >= 0.6 is 0 Å². The van der Waals surface area contributed by atoms with Crippen molar-refractivity contribution in [3.63, 3.8) is 0 Å². The first-order chi connectivity index (χ1) is 7.97. The van der Waals surface area contributed by atoms with Gasteiger partial charge in [-0.15, -0.1) is 0 Å². The van der Waals surface area contributed by atoms with Gasteiger partial charge in [-0.2, -0.15) is 5.26 Å². The van der Waals surface area contributed by atoms with Gasteiger partial charge in [0.2, 0.25) is 0 Å². The molecule has 98 valence electrons. The number of nitriles is 1. The number of rotatable bonds is 6. The van der Waals surface area contributed by atoms with Crippen LogP contribution in [0, 0.1) is 16.7 Å². The molecule has 1 rings (SSSR count). The fourth-order valence-electron chi connectivity index (χ4n) is 2.21. The number of ether oxygens (including phenoxy) is 1. The SMILES string of the molecule is CC(C)(C#N)CCCCNC1(C)CCCOC1. The molecule has 0 aromatic rings. The second-order valence-corrected chi connectivity index (χ2v) is 6.10. The molecule has 3 heteroatoms. The van der Waals surface area contributed by atoms with E-state index in [0.717, 1.165) is 45.4 Å². The largest absolute Gasteiger partial charge is 0.380 e. The van der Waals surface area contributed by atoms with Gasteiger partial charge in [0.15, 0.2) is 0 Å². The van der Waals surface area contributed by atoms with Crippen LogP contribution in [0.3, 0.4) is 0 Å². The Morgan fingerprint density at radius 2 is 2.18 bits per heavy atom. The van der Waals surface area contributed by atoms with Gasteiger partial charge in [-0.25, -0.2) is 0 Å². The second-order valence-electron chi connectivity index (χ2n) is 6.10. The highest BCUT2D eigenvalue weighted by Gasteiger charge is 2.26. The highest BCUT2D eigenvalue weighted by atomic mass is 16.5. The Labute approximate surface area is 106 Å². The van der Waals surface area contributed by atoms with Crippen molar-refractivity contribution >= 4 is 0 Å². The molecule has 17 heavy (non-hydrogen) atoms. The maximum absolute atomic E-state index is 8.91. The average molecular weight is 238 g/mol. The van der Waals surface area contributed by atoms with E-state index in [0.29, 0.717) is 0 Å². The molecular weight excluding hydrogens is 212 g/mol. The van der Waals surface area contributed by atoms with Crippen molar-refractivity contribution < 1.29 is 4.74 Å². The van der Waals surface area contributed by atoms with Crippen molar-refractivity contribution in [2.45, 2.75) is 58.4 Å². The van der Waals surface area contributed by atoms with E-state index in [4.69, 9.17) is 10.00 Å². The smallest absolute Gasteiger partial charge is 0.0683 e. The third-order valence-electron chi connectivity index (χ3n) is 3.52. The van der Waals surface area contributed by atoms with Crippen LogP contribution in [0.15, 0.2) is 0 Å². The van der Waals surface area contributed by atoms with Crippen molar-refractivity contribution in [3.8, 4) is 6.07 Å². The van der Waals surface area contributed by atoms with Crippen LogP contribution in [0.1, 0.15) is 52.9 Å². The third-order valence-corrected chi connectivity index (χ3v) is 3.52. The first-order valence-corrected chi connectivity index (χ1v) is 6.72. The van der Waals surface area contributed by atoms with Crippen LogP contribution in [0.25, 0.3) is 0 Å². The predicted octanol–water partition coefficient (Wildman–Crippen LogP) is 2.87. The van der Waals surface area contributed by atoms with Crippen LogP contribution in [-0.4, -0.2) is 25.3 Å². The maximum atomic E-state index is 8.91. The Morgan fingerprint density at radius 3 is 2.76 bits per heavy atom. The molecule has 0 aromatic heterocycles. The number of hydrogen-bond donors (Lipinski definition) is 1. The molecule has 1 aliphatic heterocycles. The summed E-state index contributed by atoms with van der Waals surface area (Å²) in [5.41, 5.74) is 0.000841. The van der Waals surface area contributed by atoms with Crippen molar-refractivity contribution in [2.75, 3.05) is 19.8 Å². The first kappa shape index (κ1) is 14.5. The molecule has 0 aromatic carbocycles. The fraction of sp³-hybridized carbons (Fsp3) is 0.929. The van der Waals surface area contributed by atoms with Crippen LogP contribution in [-0.2, 0) is 4.74 Å². The Hall–Kier alpha value is -0.590. The molecule has 1 fully saturated rings. The molecule has 0 saturated carbocycles. The van der Waals surface area contributed by atoms with E-state index in [1.165, 1.54) is 6.42 Å². The lowest BCUT2D eigenvalue weighted by molar-refractivity contribution is 0.0285. The minimum Gasteiger partial charge on any atom is -0.380 e. The molecule has 1 N–H and O–H groups in total. The van der Waals surface area contributed by atoms with E-state index in [1.807, 2.05) is 13.8 Å². The standard InChI is InChI=1S/C14H26N2O/c1-13(2,11-15)7-4-5-9-16-14(3)8-6-10-17-12-14/h16H,4-10,12H2,1-3H3. The summed E-state index contributed by atoms with van der Waals surface area (Å²) in [5.74, 6) is 0. The zero-order valence-corrected chi connectivity index (χ0v) is 11.5. The molecule has 0 radical (unpaired) electrons. The molecular formula is C14H26N2O. The fourth-order valence-corrected chi connectivity index (χ4v) is 2.21. The quantitative estimate of drug-likeness (QED) is 0.724. The summed E-state index contributed by atoms with van der Waals surface area (Å²) in [6, 6.07) is 2.35. The van der Waals surface area contributed by atoms with E-state index in [-0.39, 0.29) is 11.0 Å². The zero-order valence-electron chi connectivity index (χ0n) is 11.5. The van der Waals surface area contributed by atoms with E-state index >= 15 is 0 Å². The highest BCUT2D eigenvalue weighted by molar-refractivity contribution is 4.91. The van der Waals surface area contributed by atoms with Gasteiger partial charge in [0.1, 0.15) is 0 Å². The topological polar surface area (TPSA) is 45.0 Å². The molecule has 0 amide bonds. The Morgan fingerprint density at radius 1 is 1.41 bits per heavy atom. The highest BCUT2D eigenvalue weighted by Crippen LogP contribution is 2.22. The molecule has 0 aliphatic carbocycles. The van der Waals surface area contributed by atoms with Gasteiger partial charge in [-0.3, -0.25) is 0 Å². The summed E-state index contributed by atoms with van der Waals surface area (Å²) in [6.07, 6.45) is 5.60. The summed E-state index contributed by atoms with van der Waals surface area (Å²) in [6.45, 7) is 9.03. The van der Waals surface area contributed by atoms with Gasteiger partial charge in [-0.1, -0.05) is 6.42 Å². The maximum Gasteiger partial charge on any atom is 0.0683 e. The zero-order chi connectivity index (χ0) is 12.8. The average Bonchev–Trinajstić information content (AvgIpc) is 2.29. The first-order valence-electron chi connectivity index (χ1n) is 6.72. The van der Waals surface area contributed by atoms with Crippen molar-refractivity contribution in [3.05, 3.63) is 0 Å². The Bertz CT molecular complexity index is 262. The van der Waals surface area contributed by atoms with E-state index in [1.54, 1.807) is 0 Å². The van der Waals surface area contributed by atoms with Gasteiger partial charge in [0, 0.05) is 12.1 Å². The second kappa shape index (κ2) is 6.37. The number of nitrogens with one attached hydrogen (secondary N) is 1. The summed E-state index contributed by atoms with van der Waals surface area (Å²) in [5, 5.41) is 12.5. The third kappa shape index (κ3) is 5.52. The number of unbranched alkanes of at least 4 members (excludes halogenated alkanes) is 1. The molecule has 1 unspecified atom stereocenters. The van der Waals surface area contributed by atoms with Gasteiger partial charge in [0.25, 0.3) is 0 Å². The van der Waals surface area contributed by atoms with Crippen LogP contribution in [0.2, 0.25) is 0 Å². The minimum absolute atomic E-state index is 0.169. The van der Waals surface area contributed by atoms with Crippen molar-refractivity contribution in [1.29, 1.82) is 5.26 Å². The molecule has 0 bridgehead atoms. The Kier molecular flexibility index (Phi) is 5.42. The van der Waals surface area contributed by atoms with Gasteiger partial charge >= 0.3 is 0 Å². The lowest BCUT2D eigenvalue weighted by atomic mass is 9.89. The van der Waals surface area contributed by atoms with Crippen LogP contribution in [0.4, 0.5) is 0 Å². The van der Waals surface area contributed by atoms with Crippen LogP contribution < -0.4 is 5.32 Å². The summed E-state index contributed by atoms with van der Waals surface area (Å²) in [4.78, 5) is 0. The number of nitrogens with zero attached hydrogens (tertiary/aromatic N) is 1. The lowest BCUT2D eigenvalue weighted by Crippen LogP contribution is -2.49. The molecule has 1 aliphatic rings. The van der Waals surface area contributed by atoms with Gasteiger partial charge < -0.3 is 10.1 Å². The van der Waals surface area contributed by atoms with Gasteiger partial charge in [-0.05, 0) is 53.0 Å².